The minimum absolute atomic E-state index is 0.104. The number of rotatable bonds is 44. The van der Waals surface area contributed by atoms with E-state index in [0.717, 1.165) is 128 Å². The Morgan fingerprint density at radius 1 is 0.348 bits per heavy atom. The summed E-state index contributed by atoms with van der Waals surface area (Å²) in [6, 6.07) is 0. The second kappa shape index (κ2) is 54.6. The van der Waals surface area contributed by atoms with Gasteiger partial charge in [0.05, 0.1) is 6.61 Å². The molecule has 0 aliphatic heterocycles. The molecule has 0 aromatic rings. The second-order valence-electron chi connectivity index (χ2n) is 16.1. The van der Waals surface area contributed by atoms with Crippen molar-refractivity contribution in [1.82, 2.24) is 0 Å². The van der Waals surface area contributed by atoms with Crippen LogP contribution in [0.4, 0.5) is 0 Å². The quantitative estimate of drug-likeness (QED) is 0.0375. The van der Waals surface area contributed by atoms with Crippen LogP contribution in [0.2, 0.25) is 0 Å². The van der Waals surface area contributed by atoms with Gasteiger partial charge in [-0.1, -0.05) is 210 Å². The molecule has 0 aliphatic rings. The third-order valence-corrected chi connectivity index (χ3v) is 10.0. The molecule has 0 fully saturated rings. The summed E-state index contributed by atoms with van der Waals surface area (Å²) in [5, 5.41) is 9.62. The number of allylic oxidation sites excluding steroid dienone is 28. The van der Waals surface area contributed by atoms with E-state index in [0.29, 0.717) is 12.8 Å². The van der Waals surface area contributed by atoms with Gasteiger partial charge < -0.3 is 14.6 Å². The van der Waals surface area contributed by atoms with Gasteiger partial charge in [-0.05, 0) is 128 Å². The van der Waals surface area contributed by atoms with Crippen LogP contribution in [0.15, 0.2) is 170 Å². The monoisotopic (exact) mass is 905 g/mol. The molecule has 0 aromatic carbocycles. The van der Waals surface area contributed by atoms with Gasteiger partial charge in [-0.3, -0.25) is 9.59 Å². The number of carbonyl (C=O) groups excluding carboxylic acids is 2. The number of aliphatic hydroxyl groups is 1. The van der Waals surface area contributed by atoms with Gasteiger partial charge >= 0.3 is 11.9 Å². The number of carbonyl (C=O) groups is 2. The van der Waals surface area contributed by atoms with Gasteiger partial charge in [-0.2, -0.15) is 0 Å². The number of hydrogen-bond donors (Lipinski definition) is 1. The molecule has 1 N–H and O–H groups in total. The lowest BCUT2D eigenvalue weighted by Crippen LogP contribution is -2.28. The van der Waals surface area contributed by atoms with Gasteiger partial charge in [-0.25, -0.2) is 0 Å². The summed E-state index contributed by atoms with van der Waals surface area (Å²) in [4.78, 5) is 24.4. The van der Waals surface area contributed by atoms with Crippen molar-refractivity contribution in [3.05, 3.63) is 170 Å². The van der Waals surface area contributed by atoms with Crippen molar-refractivity contribution in [3.63, 3.8) is 0 Å². The molecule has 0 rings (SSSR count). The number of ether oxygens (including phenoxy) is 2. The van der Waals surface area contributed by atoms with Gasteiger partial charge in [0.25, 0.3) is 0 Å². The van der Waals surface area contributed by atoms with Crippen molar-refractivity contribution >= 4 is 11.9 Å². The molecule has 5 nitrogen and oxygen atoms in total. The van der Waals surface area contributed by atoms with Crippen molar-refractivity contribution < 1.29 is 24.2 Å². The highest BCUT2D eigenvalue weighted by molar-refractivity contribution is 5.70. The summed E-state index contributed by atoms with van der Waals surface area (Å²) in [6.07, 6.45) is 85.8. The molecular weight excluding hydrogens is 813 g/mol. The highest BCUT2D eigenvalue weighted by Crippen LogP contribution is 2.11. The summed E-state index contributed by atoms with van der Waals surface area (Å²) in [5.74, 6) is -0.675. The zero-order valence-corrected chi connectivity index (χ0v) is 41.6. The summed E-state index contributed by atoms with van der Waals surface area (Å²) >= 11 is 0. The second-order valence-corrected chi connectivity index (χ2v) is 16.1. The van der Waals surface area contributed by atoms with Crippen LogP contribution in [0.25, 0.3) is 0 Å². The minimum atomic E-state index is -0.816. The number of hydrogen-bond acceptors (Lipinski definition) is 5. The predicted molar refractivity (Wildman–Crippen MR) is 287 cm³/mol. The Balaban J connectivity index is 3.73. The summed E-state index contributed by atoms with van der Waals surface area (Å²) in [6.45, 7) is 3.84. The standard InChI is InChI=1S/C61H92O5/c1-3-5-7-9-11-13-15-17-19-21-23-24-25-26-27-28-29-30-31-32-33-34-35-36-38-40-42-44-46-48-50-52-54-56-61(64)66-59(57-62)58-65-60(63)55-53-51-49-47-45-43-41-39-37-22-20-18-16-14-12-10-8-6-4-2/h5-8,11-14,17-20,23-24,26-27,29-30,32-33,35-37,39-40,42,46,48,59,62H,3-4,9-10,15-16,21-22,25,28,31,34,38,41,43-45,47,49-58H2,1-2H3/b7-5-,8-6-,13-11-,14-12-,19-17-,20-18-,24-23-,27-26-,30-29-,33-32-,36-35-,39-37-,42-40-,48-46-. The number of esters is 2. The van der Waals surface area contributed by atoms with E-state index in [2.05, 4.69) is 184 Å². The molecule has 0 spiro atoms. The average molecular weight is 905 g/mol. The van der Waals surface area contributed by atoms with Crippen LogP contribution in [-0.2, 0) is 19.1 Å². The third kappa shape index (κ3) is 51.9. The first-order valence-corrected chi connectivity index (χ1v) is 25.7. The SMILES string of the molecule is CC/C=C\C/C=C\C/C=C\C/C=C\C/C=C\C/C=C\C/C=C\C/C=C\C/C=C\C/C=C\CCCCC(=O)OC(CO)COC(=O)CCCCCCCC/C=C\C/C=C\C/C=C\C/C=C\CC. The van der Waals surface area contributed by atoms with Crippen LogP contribution in [0, 0.1) is 0 Å². The lowest BCUT2D eigenvalue weighted by molar-refractivity contribution is -0.161. The predicted octanol–water partition coefficient (Wildman–Crippen LogP) is 17.4. The van der Waals surface area contributed by atoms with E-state index in [1.54, 1.807) is 0 Å². The van der Waals surface area contributed by atoms with Crippen LogP contribution in [0.3, 0.4) is 0 Å². The number of aliphatic hydroxyl groups excluding tert-OH is 1. The molecule has 366 valence electrons. The molecule has 0 saturated carbocycles. The summed E-state index contributed by atoms with van der Waals surface area (Å²) in [5.41, 5.74) is 0. The lowest BCUT2D eigenvalue weighted by Gasteiger charge is -2.15. The van der Waals surface area contributed by atoms with Crippen molar-refractivity contribution in [3.8, 4) is 0 Å². The molecule has 0 saturated heterocycles. The van der Waals surface area contributed by atoms with E-state index in [1.807, 2.05) is 0 Å². The Hall–Kier alpha value is -4.74. The molecule has 0 aliphatic carbocycles. The molecule has 0 amide bonds. The average Bonchev–Trinajstić information content (AvgIpc) is 3.32. The summed E-state index contributed by atoms with van der Waals surface area (Å²) in [7, 11) is 0. The Labute approximate surface area is 404 Å². The van der Waals surface area contributed by atoms with Crippen LogP contribution >= 0.6 is 0 Å². The molecule has 0 aromatic heterocycles. The van der Waals surface area contributed by atoms with Gasteiger partial charge in [0.1, 0.15) is 6.61 Å². The maximum atomic E-state index is 12.3. The van der Waals surface area contributed by atoms with Crippen molar-refractivity contribution in [1.29, 1.82) is 0 Å². The van der Waals surface area contributed by atoms with Gasteiger partial charge in [0.15, 0.2) is 6.10 Å². The van der Waals surface area contributed by atoms with Gasteiger partial charge in [0, 0.05) is 12.8 Å². The van der Waals surface area contributed by atoms with Crippen molar-refractivity contribution in [2.24, 2.45) is 0 Å². The first-order chi connectivity index (χ1) is 32.6. The van der Waals surface area contributed by atoms with E-state index in [9.17, 15) is 14.7 Å². The van der Waals surface area contributed by atoms with Crippen LogP contribution in [0.5, 0.6) is 0 Å². The molecule has 5 heteroatoms. The van der Waals surface area contributed by atoms with Gasteiger partial charge in [0.2, 0.25) is 0 Å². The lowest BCUT2D eigenvalue weighted by atomic mass is 10.1. The molecule has 0 radical (unpaired) electrons. The Bertz CT molecular complexity index is 1540. The normalized spacial score (nSPS) is 13.7. The largest absolute Gasteiger partial charge is 0.462 e. The van der Waals surface area contributed by atoms with Gasteiger partial charge in [-0.15, -0.1) is 0 Å². The highest BCUT2D eigenvalue weighted by Gasteiger charge is 2.16. The van der Waals surface area contributed by atoms with Crippen LogP contribution in [-0.4, -0.2) is 36.4 Å². The zero-order chi connectivity index (χ0) is 47.7. The fraction of sp³-hybridized carbons (Fsp3) is 0.508. The van der Waals surface area contributed by atoms with E-state index in [4.69, 9.17) is 9.47 Å². The smallest absolute Gasteiger partial charge is 0.306 e. The van der Waals surface area contributed by atoms with Crippen molar-refractivity contribution in [2.75, 3.05) is 13.2 Å². The Morgan fingerprint density at radius 2 is 0.606 bits per heavy atom. The maximum absolute atomic E-state index is 12.3. The molecule has 0 heterocycles. The van der Waals surface area contributed by atoms with E-state index >= 15 is 0 Å². The molecule has 1 atom stereocenters. The van der Waals surface area contributed by atoms with E-state index in [1.165, 1.54) is 19.3 Å². The molecule has 66 heavy (non-hydrogen) atoms. The fourth-order valence-electron chi connectivity index (χ4n) is 6.22. The minimum Gasteiger partial charge on any atom is -0.462 e. The molecular formula is C61H92O5. The first-order valence-electron chi connectivity index (χ1n) is 25.7. The zero-order valence-electron chi connectivity index (χ0n) is 41.6. The topological polar surface area (TPSA) is 72.8 Å². The highest BCUT2D eigenvalue weighted by atomic mass is 16.6. The Morgan fingerprint density at radius 3 is 0.939 bits per heavy atom. The molecule has 1 unspecified atom stereocenters. The first kappa shape index (κ1) is 61.3. The fourth-order valence-corrected chi connectivity index (χ4v) is 6.22. The summed E-state index contributed by atoms with van der Waals surface area (Å²) < 4.78 is 10.6. The van der Waals surface area contributed by atoms with E-state index < -0.39 is 6.10 Å². The third-order valence-electron chi connectivity index (χ3n) is 10.0. The van der Waals surface area contributed by atoms with Crippen LogP contribution < -0.4 is 0 Å². The van der Waals surface area contributed by atoms with Crippen molar-refractivity contribution in [2.45, 2.75) is 187 Å². The van der Waals surface area contributed by atoms with Crippen LogP contribution in [0.1, 0.15) is 181 Å². The molecule has 0 bridgehead atoms. The maximum Gasteiger partial charge on any atom is 0.306 e. The van der Waals surface area contributed by atoms with E-state index in [-0.39, 0.29) is 31.6 Å². The number of unbranched alkanes of at least 4 members (excludes halogenated alkanes) is 8. The Kier molecular flexibility index (Phi) is 50.7.